The van der Waals surface area contributed by atoms with E-state index in [1.807, 2.05) is 26.8 Å². The van der Waals surface area contributed by atoms with Crippen LogP contribution in [-0.4, -0.2) is 40.1 Å². The smallest absolute Gasteiger partial charge is 0.254 e. The molecular weight excluding hydrogens is 254 g/mol. The molecule has 2 atom stereocenters. The van der Waals surface area contributed by atoms with Gasteiger partial charge in [0.2, 0.25) is 0 Å². The summed E-state index contributed by atoms with van der Waals surface area (Å²) in [5, 5.41) is 9.74. The number of anilines is 1. The highest BCUT2D eigenvalue weighted by Crippen LogP contribution is 2.21. The van der Waals surface area contributed by atoms with E-state index in [2.05, 4.69) is 4.98 Å². The Morgan fingerprint density at radius 2 is 2.20 bits per heavy atom. The van der Waals surface area contributed by atoms with Crippen molar-refractivity contribution in [1.82, 2.24) is 9.88 Å². The second-order valence-electron chi connectivity index (χ2n) is 5.94. The number of likely N-dealkylation sites (tertiary alicyclic amines) is 1. The number of carbonyl (C=O) groups is 1. The molecular formula is C15H23N3O2. The van der Waals surface area contributed by atoms with Crippen molar-refractivity contribution in [2.75, 3.05) is 18.8 Å². The van der Waals surface area contributed by atoms with E-state index in [4.69, 9.17) is 5.73 Å². The third-order valence-electron chi connectivity index (χ3n) is 3.85. The molecule has 5 nitrogen and oxygen atoms in total. The highest BCUT2D eigenvalue weighted by Gasteiger charge is 2.28. The summed E-state index contributed by atoms with van der Waals surface area (Å²) < 4.78 is 0. The number of amides is 1. The predicted octanol–water partition coefficient (Wildman–Crippen LogP) is 1.63. The zero-order valence-corrected chi connectivity index (χ0v) is 12.3. The first-order valence-corrected chi connectivity index (χ1v) is 7.13. The largest absolute Gasteiger partial charge is 0.393 e. The molecule has 5 heteroatoms. The Morgan fingerprint density at radius 3 is 2.80 bits per heavy atom. The fraction of sp³-hybridized carbons (Fsp3) is 0.600. The molecule has 1 aliphatic rings. The number of hydrogen-bond donors (Lipinski definition) is 2. The van der Waals surface area contributed by atoms with Crippen LogP contribution in [0, 0.1) is 5.92 Å². The Labute approximate surface area is 119 Å². The van der Waals surface area contributed by atoms with Crippen molar-refractivity contribution in [1.29, 1.82) is 0 Å². The molecule has 2 unspecified atom stereocenters. The van der Waals surface area contributed by atoms with Crippen LogP contribution in [-0.2, 0) is 0 Å². The van der Waals surface area contributed by atoms with Gasteiger partial charge >= 0.3 is 0 Å². The maximum atomic E-state index is 12.5. The number of pyridine rings is 1. The molecule has 1 fully saturated rings. The quantitative estimate of drug-likeness (QED) is 0.861. The van der Waals surface area contributed by atoms with Crippen LogP contribution in [0.4, 0.5) is 5.82 Å². The van der Waals surface area contributed by atoms with Crippen molar-refractivity contribution >= 4 is 11.7 Å². The van der Waals surface area contributed by atoms with Gasteiger partial charge in [0.15, 0.2) is 0 Å². The van der Waals surface area contributed by atoms with Gasteiger partial charge < -0.3 is 15.7 Å². The molecule has 1 aromatic heterocycles. The summed E-state index contributed by atoms with van der Waals surface area (Å²) in [6.07, 6.45) is 0.317. The van der Waals surface area contributed by atoms with Gasteiger partial charge in [0.25, 0.3) is 5.91 Å². The standard InChI is InChI=1S/C15H23N3O2/c1-9(2)12-6-11(7-14(16)17-12)15(20)18-5-4-13(19)10(3)8-18/h6-7,9-10,13,19H,4-5,8H2,1-3H3,(H2,16,17). The molecule has 2 rings (SSSR count). The normalized spacial score (nSPS) is 23.1. The number of nitrogens with two attached hydrogens (primary N) is 1. The first kappa shape index (κ1) is 14.8. The van der Waals surface area contributed by atoms with Crippen LogP contribution in [0.1, 0.15) is 49.2 Å². The van der Waals surface area contributed by atoms with Gasteiger partial charge in [0.05, 0.1) is 6.10 Å². The first-order chi connectivity index (χ1) is 9.38. The van der Waals surface area contributed by atoms with Crippen LogP contribution in [0.25, 0.3) is 0 Å². The van der Waals surface area contributed by atoms with Gasteiger partial charge in [-0.1, -0.05) is 20.8 Å². The molecule has 0 bridgehead atoms. The molecule has 2 heterocycles. The second kappa shape index (κ2) is 5.79. The van der Waals surface area contributed by atoms with E-state index < -0.39 is 0 Å². The molecule has 20 heavy (non-hydrogen) atoms. The van der Waals surface area contributed by atoms with Crippen molar-refractivity contribution in [2.45, 2.75) is 39.2 Å². The van der Waals surface area contributed by atoms with Crippen LogP contribution in [0.5, 0.6) is 0 Å². The van der Waals surface area contributed by atoms with E-state index in [9.17, 15) is 9.90 Å². The zero-order valence-electron chi connectivity index (χ0n) is 12.3. The van der Waals surface area contributed by atoms with Crippen LogP contribution >= 0.6 is 0 Å². The summed E-state index contributed by atoms with van der Waals surface area (Å²) in [7, 11) is 0. The number of aliphatic hydroxyl groups excluding tert-OH is 1. The molecule has 0 aromatic carbocycles. The van der Waals surface area contributed by atoms with Crippen LogP contribution in [0.15, 0.2) is 12.1 Å². The second-order valence-corrected chi connectivity index (χ2v) is 5.94. The summed E-state index contributed by atoms with van der Waals surface area (Å²) >= 11 is 0. The summed E-state index contributed by atoms with van der Waals surface area (Å²) in [6.45, 7) is 7.18. The highest BCUT2D eigenvalue weighted by molar-refractivity contribution is 5.95. The van der Waals surface area contributed by atoms with Crippen molar-refractivity contribution in [3.63, 3.8) is 0 Å². The lowest BCUT2D eigenvalue weighted by atomic mass is 9.96. The van der Waals surface area contributed by atoms with Crippen LogP contribution in [0.2, 0.25) is 0 Å². The Morgan fingerprint density at radius 1 is 1.50 bits per heavy atom. The minimum atomic E-state index is -0.312. The van der Waals surface area contributed by atoms with Gasteiger partial charge in [-0.2, -0.15) is 0 Å². The number of piperidine rings is 1. The van der Waals surface area contributed by atoms with Gasteiger partial charge in [-0.05, 0) is 30.4 Å². The van der Waals surface area contributed by atoms with Gasteiger partial charge in [-0.15, -0.1) is 0 Å². The minimum absolute atomic E-state index is 0.0280. The minimum Gasteiger partial charge on any atom is -0.393 e. The maximum absolute atomic E-state index is 12.5. The molecule has 1 amide bonds. The number of rotatable bonds is 2. The lowest BCUT2D eigenvalue weighted by Gasteiger charge is -2.34. The lowest BCUT2D eigenvalue weighted by Crippen LogP contribution is -2.45. The van der Waals surface area contributed by atoms with Gasteiger partial charge in [0, 0.05) is 24.3 Å². The third-order valence-corrected chi connectivity index (χ3v) is 3.85. The number of carbonyl (C=O) groups excluding carboxylic acids is 1. The fourth-order valence-electron chi connectivity index (χ4n) is 2.49. The lowest BCUT2D eigenvalue weighted by molar-refractivity contribution is 0.0297. The van der Waals surface area contributed by atoms with Crippen molar-refractivity contribution in [3.05, 3.63) is 23.4 Å². The number of hydrogen-bond acceptors (Lipinski definition) is 4. The molecule has 0 radical (unpaired) electrons. The highest BCUT2D eigenvalue weighted by atomic mass is 16.3. The number of nitrogens with zero attached hydrogens (tertiary/aromatic N) is 2. The van der Waals surface area contributed by atoms with Gasteiger partial charge in [-0.3, -0.25) is 4.79 Å². The number of nitrogen functional groups attached to an aromatic ring is 1. The maximum Gasteiger partial charge on any atom is 0.254 e. The molecule has 0 saturated carbocycles. The predicted molar refractivity (Wildman–Crippen MR) is 78.4 cm³/mol. The topological polar surface area (TPSA) is 79.5 Å². The van der Waals surface area contributed by atoms with Crippen molar-refractivity contribution in [2.24, 2.45) is 5.92 Å². The Balaban J connectivity index is 2.21. The van der Waals surface area contributed by atoms with E-state index in [1.54, 1.807) is 11.0 Å². The monoisotopic (exact) mass is 277 g/mol. The summed E-state index contributed by atoms with van der Waals surface area (Å²) in [6, 6.07) is 3.45. The van der Waals surface area contributed by atoms with Gasteiger partial charge in [-0.25, -0.2) is 4.98 Å². The Kier molecular flexibility index (Phi) is 4.28. The van der Waals surface area contributed by atoms with Crippen LogP contribution < -0.4 is 5.73 Å². The first-order valence-electron chi connectivity index (χ1n) is 7.13. The van der Waals surface area contributed by atoms with E-state index in [1.165, 1.54) is 0 Å². The molecule has 1 saturated heterocycles. The third kappa shape index (κ3) is 3.10. The summed E-state index contributed by atoms with van der Waals surface area (Å²) in [5.74, 6) is 0.688. The van der Waals surface area contributed by atoms with Crippen molar-refractivity contribution < 1.29 is 9.90 Å². The number of aliphatic hydroxyl groups is 1. The SMILES string of the molecule is CC(C)c1cc(C(=O)N2CCC(O)C(C)C2)cc(N)n1. The molecule has 0 spiro atoms. The van der Waals surface area contributed by atoms with Crippen LogP contribution in [0.3, 0.4) is 0 Å². The molecule has 3 N–H and O–H groups in total. The van der Waals surface area contributed by atoms with E-state index in [-0.39, 0.29) is 23.8 Å². The molecule has 1 aromatic rings. The summed E-state index contributed by atoms with van der Waals surface area (Å²) in [4.78, 5) is 18.6. The van der Waals surface area contributed by atoms with E-state index >= 15 is 0 Å². The van der Waals surface area contributed by atoms with E-state index in [0.29, 0.717) is 30.9 Å². The van der Waals surface area contributed by atoms with Crippen molar-refractivity contribution in [3.8, 4) is 0 Å². The Hall–Kier alpha value is -1.62. The van der Waals surface area contributed by atoms with E-state index in [0.717, 1.165) is 5.69 Å². The zero-order chi connectivity index (χ0) is 14.9. The molecule has 110 valence electrons. The van der Waals surface area contributed by atoms with Gasteiger partial charge in [0.1, 0.15) is 5.82 Å². The average Bonchev–Trinajstić information content (AvgIpc) is 2.40. The average molecular weight is 277 g/mol. The molecule has 1 aliphatic heterocycles. The molecule has 0 aliphatic carbocycles. The fourth-order valence-corrected chi connectivity index (χ4v) is 2.49. The Bertz CT molecular complexity index is 502. The summed E-state index contributed by atoms with van der Waals surface area (Å²) in [5.41, 5.74) is 7.21. The number of aromatic nitrogens is 1.